The highest BCUT2D eigenvalue weighted by Gasteiger charge is 2.33. The first-order valence-electron chi connectivity index (χ1n) is 13.1. The molecular weight excluding hydrogens is 530 g/mol. The molecule has 1 unspecified atom stereocenters. The Kier molecular flexibility index (Phi) is 8.89. The number of hydrogen-bond donors (Lipinski definition) is 1. The van der Waals surface area contributed by atoms with Crippen LogP contribution in [-0.2, 0) is 14.3 Å². The minimum absolute atomic E-state index is 0.209. The number of esters is 1. The van der Waals surface area contributed by atoms with Crippen LogP contribution in [0.2, 0.25) is 0 Å². The quantitative estimate of drug-likeness (QED) is 0.378. The van der Waals surface area contributed by atoms with Gasteiger partial charge < -0.3 is 19.9 Å². The highest BCUT2D eigenvalue weighted by atomic mass is 32.1. The number of carbonyl (C=O) groups is 2. The van der Waals surface area contributed by atoms with Crippen LogP contribution >= 0.6 is 11.3 Å². The Balaban J connectivity index is 1.85. The number of carbonyl (C=O) groups excluding carboxylic acids is 2. The van der Waals surface area contributed by atoms with E-state index in [9.17, 15) is 14.4 Å². The molecular formula is C30H33N3O6S. The maximum atomic E-state index is 13.9. The van der Waals surface area contributed by atoms with Crippen molar-refractivity contribution in [3.05, 3.63) is 90.1 Å². The van der Waals surface area contributed by atoms with Gasteiger partial charge in [-0.2, -0.15) is 0 Å². The summed E-state index contributed by atoms with van der Waals surface area (Å²) in [7, 11) is 0. The largest absolute Gasteiger partial charge is 0.490 e. The zero-order chi connectivity index (χ0) is 29.0. The smallest absolute Gasteiger partial charge is 0.338 e. The number of aromatic nitrogens is 1. The number of amides is 1. The first-order valence-corrected chi connectivity index (χ1v) is 13.9. The van der Waals surface area contributed by atoms with Crippen LogP contribution in [0.3, 0.4) is 0 Å². The molecule has 1 amide bonds. The van der Waals surface area contributed by atoms with E-state index >= 15 is 0 Å². The van der Waals surface area contributed by atoms with Gasteiger partial charge in [-0.15, -0.1) is 0 Å². The number of rotatable bonds is 10. The lowest BCUT2D eigenvalue weighted by Crippen LogP contribution is -2.39. The van der Waals surface area contributed by atoms with E-state index < -0.39 is 17.9 Å². The van der Waals surface area contributed by atoms with E-state index in [2.05, 4.69) is 18.8 Å². The fourth-order valence-electron chi connectivity index (χ4n) is 4.47. The molecule has 4 rings (SSSR count). The molecule has 0 aliphatic carbocycles. The first-order chi connectivity index (χ1) is 19.1. The summed E-state index contributed by atoms with van der Waals surface area (Å²) in [5, 5.41) is 0. The van der Waals surface area contributed by atoms with Crippen molar-refractivity contribution < 1.29 is 23.8 Å². The second-order valence-electron chi connectivity index (χ2n) is 9.52. The zero-order valence-corrected chi connectivity index (χ0v) is 24.0. The number of hydrogen-bond acceptors (Lipinski definition) is 8. The number of benzene rings is 2. The summed E-state index contributed by atoms with van der Waals surface area (Å²) in [5.41, 5.74) is 8.42. The monoisotopic (exact) mass is 563 g/mol. The molecule has 0 radical (unpaired) electrons. The van der Waals surface area contributed by atoms with Gasteiger partial charge in [-0.05, 0) is 61.6 Å². The van der Waals surface area contributed by atoms with Gasteiger partial charge in [0.1, 0.15) is 0 Å². The number of fused-ring (bicyclic) bond motifs is 1. The summed E-state index contributed by atoms with van der Waals surface area (Å²) in [5.74, 6) is 0.0436. The summed E-state index contributed by atoms with van der Waals surface area (Å²) in [4.78, 5) is 43.2. The number of ether oxygens (including phenoxy) is 3. The Hall–Kier alpha value is -4.18. The van der Waals surface area contributed by atoms with Crippen LogP contribution in [0.15, 0.2) is 63.5 Å². The Morgan fingerprint density at radius 3 is 2.42 bits per heavy atom. The average Bonchev–Trinajstić information content (AvgIpc) is 3.21. The third-order valence-corrected chi connectivity index (χ3v) is 7.35. The Morgan fingerprint density at radius 1 is 1.07 bits per heavy atom. The molecule has 3 aromatic rings. The van der Waals surface area contributed by atoms with Crippen LogP contribution in [-0.4, -0.2) is 36.3 Å². The molecule has 210 valence electrons. The molecule has 0 saturated heterocycles. The van der Waals surface area contributed by atoms with Crippen LogP contribution in [0.5, 0.6) is 11.5 Å². The van der Waals surface area contributed by atoms with Gasteiger partial charge in [-0.1, -0.05) is 55.5 Å². The predicted octanol–water partition coefficient (Wildman–Crippen LogP) is 3.18. The maximum Gasteiger partial charge on any atom is 0.338 e. The number of nitrogens with two attached hydrogens (primary N) is 1. The van der Waals surface area contributed by atoms with Crippen molar-refractivity contribution in [3.8, 4) is 11.5 Å². The molecule has 0 saturated carbocycles. The van der Waals surface area contributed by atoms with E-state index in [4.69, 9.17) is 19.9 Å². The Morgan fingerprint density at radius 2 is 1.80 bits per heavy atom. The summed E-state index contributed by atoms with van der Waals surface area (Å²) >= 11 is 1.24. The predicted molar refractivity (Wildman–Crippen MR) is 153 cm³/mol. The summed E-state index contributed by atoms with van der Waals surface area (Å²) in [6.45, 7) is 9.87. The minimum atomic E-state index is -0.678. The molecule has 2 heterocycles. The SMILES string of the molecule is CCOC(=O)C1=C(C)N=c2sc(=Cc3ccc(OCC(N)=O)c(OCC)c3)c(=O)n2C1c1ccc(C(C)C)cc1. The van der Waals surface area contributed by atoms with Gasteiger partial charge in [0.25, 0.3) is 11.5 Å². The highest BCUT2D eigenvalue weighted by molar-refractivity contribution is 7.07. The lowest BCUT2D eigenvalue weighted by atomic mass is 9.93. The van der Waals surface area contributed by atoms with Crippen molar-refractivity contribution >= 4 is 29.3 Å². The van der Waals surface area contributed by atoms with E-state index in [-0.39, 0.29) is 18.8 Å². The average molecular weight is 564 g/mol. The molecule has 2 N–H and O–H groups in total. The van der Waals surface area contributed by atoms with E-state index in [1.165, 1.54) is 11.3 Å². The van der Waals surface area contributed by atoms with Crippen molar-refractivity contribution in [1.29, 1.82) is 0 Å². The first kappa shape index (κ1) is 28.8. The van der Waals surface area contributed by atoms with Crippen molar-refractivity contribution in [2.75, 3.05) is 19.8 Å². The number of thiazole rings is 1. The van der Waals surface area contributed by atoms with Gasteiger partial charge in [0.05, 0.1) is 35.1 Å². The van der Waals surface area contributed by atoms with Crippen molar-refractivity contribution in [2.45, 2.75) is 46.6 Å². The lowest BCUT2D eigenvalue weighted by molar-refractivity contribution is -0.139. The molecule has 1 aliphatic rings. The number of nitrogens with zero attached hydrogens (tertiary/aromatic N) is 2. The molecule has 1 aromatic heterocycles. The molecule has 1 aliphatic heterocycles. The van der Waals surface area contributed by atoms with E-state index in [0.717, 1.165) is 11.1 Å². The van der Waals surface area contributed by atoms with E-state index in [1.807, 2.05) is 31.2 Å². The normalized spacial score (nSPS) is 15.1. The van der Waals surface area contributed by atoms with Gasteiger partial charge in [-0.25, -0.2) is 9.79 Å². The Labute approximate surface area is 236 Å². The number of primary amides is 1. The second kappa shape index (κ2) is 12.3. The van der Waals surface area contributed by atoms with E-state index in [1.54, 1.807) is 42.7 Å². The Bertz CT molecular complexity index is 1630. The fraction of sp³-hybridized carbons (Fsp3) is 0.333. The van der Waals surface area contributed by atoms with Gasteiger partial charge >= 0.3 is 5.97 Å². The third kappa shape index (κ3) is 6.02. The maximum absolute atomic E-state index is 13.9. The van der Waals surface area contributed by atoms with Crippen LogP contribution in [0, 0.1) is 0 Å². The molecule has 9 nitrogen and oxygen atoms in total. The minimum Gasteiger partial charge on any atom is -0.490 e. The standard InChI is InChI=1S/C30H33N3O6S/c1-6-37-23-14-19(8-13-22(23)39-16-25(31)34)15-24-28(35)33-27(21-11-9-20(10-12-21)17(3)4)26(29(36)38-7-2)18(5)32-30(33)40-24/h8-15,17,27H,6-7,16H2,1-5H3,(H2,31,34). The molecule has 10 heteroatoms. The van der Waals surface area contributed by atoms with Crippen molar-refractivity contribution in [2.24, 2.45) is 10.7 Å². The molecule has 2 aromatic carbocycles. The molecule has 0 fully saturated rings. The van der Waals surface area contributed by atoms with Gasteiger partial charge in [0, 0.05) is 0 Å². The van der Waals surface area contributed by atoms with Gasteiger partial charge in [-0.3, -0.25) is 14.2 Å². The number of allylic oxidation sites excluding steroid dienone is 1. The summed E-state index contributed by atoms with van der Waals surface area (Å²) in [6.07, 6.45) is 1.74. The molecule has 0 spiro atoms. The van der Waals surface area contributed by atoms with Crippen molar-refractivity contribution in [1.82, 2.24) is 4.57 Å². The molecule has 1 atom stereocenters. The highest BCUT2D eigenvalue weighted by Crippen LogP contribution is 2.32. The van der Waals surface area contributed by atoms with Crippen molar-refractivity contribution in [3.63, 3.8) is 0 Å². The van der Waals surface area contributed by atoms with E-state index in [0.29, 0.717) is 50.2 Å². The van der Waals surface area contributed by atoms with Gasteiger partial charge in [0.2, 0.25) is 0 Å². The topological polar surface area (TPSA) is 122 Å². The molecule has 40 heavy (non-hydrogen) atoms. The molecule has 0 bridgehead atoms. The second-order valence-corrected chi connectivity index (χ2v) is 10.5. The van der Waals surface area contributed by atoms with Crippen LogP contribution in [0.1, 0.15) is 63.3 Å². The fourth-order valence-corrected chi connectivity index (χ4v) is 5.52. The lowest BCUT2D eigenvalue weighted by Gasteiger charge is -2.25. The third-order valence-electron chi connectivity index (χ3n) is 6.37. The van der Waals surface area contributed by atoms with Crippen LogP contribution in [0.4, 0.5) is 0 Å². The van der Waals surface area contributed by atoms with Crippen LogP contribution in [0.25, 0.3) is 6.08 Å². The van der Waals surface area contributed by atoms with Gasteiger partial charge in [0.15, 0.2) is 22.9 Å². The van der Waals surface area contributed by atoms with Crippen LogP contribution < -0.4 is 30.1 Å². The summed E-state index contributed by atoms with van der Waals surface area (Å²) < 4.78 is 18.5. The zero-order valence-electron chi connectivity index (χ0n) is 23.2. The summed E-state index contributed by atoms with van der Waals surface area (Å²) in [6, 6.07) is 12.4.